The minimum Gasteiger partial charge on any atom is -0.268 e. The highest BCUT2D eigenvalue weighted by atomic mass is 32.2. The van der Waals surface area contributed by atoms with Crippen molar-refractivity contribution in [3.8, 4) is 5.69 Å². The Kier molecular flexibility index (Phi) is 4.40. The molecule has 0 saturated heterocycles. The van der Waals surface area contributed by atoms with E-state index in [1.807, 2.05) is 24.3 Å². The number of aromatic nitrogens is 2. The van der Waals surface area contributed by atoms with Crippen LogP contribution in [0.1, 0.15) is 24.6 Å². The van der Waals surface area contributed by atoms with Crippen LogP contribution >= 0.6 is 23.5 Å². The normalized spacial score (nSPS) is 13.4. The molecule has 0 amide bonds. The van der Waals surface area contributed by atoms with E-state index in [0.717, 1.165) is 45.8 Å². The van der Waals surface area contributed by atoms with Gasteiger partial charge in [0.05, 0.1) is 16.3 Å². The molecule has 1 aliphatic heterocycles. The number of hydrogen-bond acceptors (Lipinski definition) is 4. The number of aryl methyl sites for hydroxylation is 2. The Labute approximate surface area is 133 Å². The number of thioether (sulfide) groups is 2. The van der Waals surface area contributed by atoms with Gasteiger partial charge in [0.15, 0.2) is 5.16 Å². The van der Waals surface area contributed by atoms with Crippen LogP contribution in [0.25, 0.3) is 5.69 Å². The van der Waals surface area contributed by atoms with E-state index in [2.05, 4.69) is 13.8 Å². The van der Waals surface area contributed by atoms with Gasteiger partial charge in [-0.3, -0.25) is 9.36 Å². The molecule has 0 atom stereocenters. The first kappa shape index (κ1) is 14.7. The second-order valence-electron chi connectivity index (χ2n) is 5.09. The van der Waals surface area contributed by atoms with E-state index in [1.54, 1.807) is 28.1 Å². The van der Waals surface area contributed by atoms with Gasteiger partial charge in [-0.1, -0.05) is 36.4 Å². The Bertz CT molecular complexity index is 707. The second kappa shape index (κ2) is 6.28. The highest BCUT2D eigenvalue weighted by Gasteiger charge is 2.22. The summed E-state index contributed by atoms with van der Waals surface area (Å²) in [6.07, 6.45) is 1.98. The van der Waals surface area contributed by atoms with Gasteiger partial charge in [-0.15, -0.1) is 11.8 Å². The zero-order chi connectivity index (χ0) is 14.8. The minimum absolute atomic E-state index is 0.0879. The maximum atomic E-state index is 12.8. The van der Waals surface area contributed by atoms with Crippen LogP contribution in [0.15, 0.2) is 39.1 Å². The summed E-state index contributed by atoms with van der Waals surface area (Å²) in [6.45, 7) is 4.20. The Morgan fingerprint density at radius 3 is 2.81 bits per heavy atom. The average molecular weight is 318 g/mol. The smallest absolute Gasteiger partial charge is 0.268 e. The predicted octanol–water partition coefficient (Wildman–Crippen LogP) is 3.69. The van der Waals surface area contributed by atoms with Crippen LogP contribution in [0.3, 0.4) is 0 Å². The minimum atomic E-state index is 0.0879. The van der Waals surface area contributed by atoms with Crippen LogP contribution in [0.5, 0.6) is 0 Å². The Hall–Kier alpha value is -1.20. The van der Waals surface area contributed by atoms with E-state index in [4.69, 9.17) is 4.98 Å². The van der Waals surface area contributed by atoms with Crippen molar-refractivity contribution in [1.82, 2.24) is 9.55 Å². The van der Waals surface area contributed by atoms with Crippen molar-refractivity contribution in [2.45, 2.75) is 36.7 Å². The largest absolute Gasteiger partial charge is 0.272 e. The SMILES string of the molecule is CCCSc1nc2c(c(=O)n1-c1ccc(C)cc1)SCC2. The van der Waals surface area contributed by atoms with E-state index in [1.165, 1.54) is 5.56 Å². The van der Waals surface area contributed by atoms with Crippen molar-refractivity contribution in [2.24, 2.45) is 0 Å². The van der Waals surface area contributed by atoms with Crippen molar-refractivity contribution in [2.75, 3.05) is 11.5 Å². The van der Waals surface area contributed by atoms with Gasteiger partial charge in [0.1, 0.15) is 0 Å². The highest BCUT2D eigenvalue weighted by Crippen LogP contribution is 2.30. The molecule has 110 valence electrons. The first-order valence-corrected chi connectivity index (χ1v) is 9.16. The maximum absolute atomic E-state index is 12.8. The summed E-state index contributed by atoms with van der Waals surface area (Å²) in [7, 11) is 0. The summed E-state index contributed by atoms with van der Waals surface area (Å²) in [4.78, 5) is 18.4. The molecule has 1 aliphatic rings. The van der Waals surface area contributed by atoms with E-state index in [9.17, 15) is 4.79 Å². The Morgan fingerprint density at radius 1 is 1.33 bits per heavy atom. The molecule has 0 N–H and O–H groups in total. The summed E-state index contributed by atoms with van der Waals surface area (Å²) < 4.78 is 1.77. The topological polar surface area (TPSA) is 34.9 Å². The van der Waals surface area contributed by atoms with Crippen molar-refractivity contribution >= 4 is 23.5 Å². The molecular weight excluding hydrogens is 300 g/mol. The zero-order valence-corrected chi connectivity index (χ0v) is 13.9. The molecule has 0 spiro atoms. The fourth-order valence-corrected chi connectivity index (χ4v) is 4.21. The Morgan fingerprint density at radius 2 is 2.10 bits per heavy atom. The quantitative estimate of drug-likeness (QED) is 0.636. The van der Waals surface area contributed by atoms with Crippen LogP contribution in [0.2, 0.25) is 0 Å². The number of fused-ring (bicyclic) bond motifs is 1. The van der Waals surface area contributed by atoms with Gasteiger partial charge >= 0.3 is 0 Å². The van der Waals surface area contributed by atoms with Crippen LogP contribution in [-0.2, 0) is 6.42 Å². The average Bonchev–Trinajstić information content (AvgIpc) is 2.95. The third kappa shape index (κ3) is 2.90. The lowest BCUT2D eigenvalue weighted by atomic mass is 10.2. The van der Waals surface area contributed by atoms with Crippen LogP contribution in [0.4, 0.5) is 0 Å². The zero-order valence-electron chi connectivity index (χ0n) is 12.3. The van der Waals surface area contributed by atoms with Gasteiger partial charge < -0.3 is 0 Å². The third-order valence-electron chi connectivity index (χ3n) is 3.39. The van der Waals surface area contributed by atoms with Gasteiger partial charge in [-0.2, -0.15) is 0 Å². The summed E-state index contributed by atoms with van der Waals surface area (Å²) >= 11 is 3.30. The molecule has 1 aromatic heterocycles. The van der Waals surface area contributed by atoms with Gasteiger partial charge in [0.25, 0.3) is 5.56 Å². The van der Waals surface area contributed by atoms with Crippen molar-refractivity contribution in [3.63, 3.8) is 0 Å². The van der Waals surface area contributed by atoms with E-state index >= 15 is 0 Å². The van der Waals surface area contributed by atoms with Crippen LogP contribution < -0.4 is 5.56 Å². The number of rotatable bonds is 4. The monoisotopic (exact) mass is 318 g/mol. The predicted molar refractivity (Wildman–Crippen MR) is 90.0 cm³/mol. The lowest BCUT2D eigenvalue weighted by molar-refractivity contribution is 0.739. The summed E-state index contributed by atoms with van der Waals surface area (Å²) in [6, 6.07) is 8.08. The standard InChI is InChI=1S/C16H18N2OS2/c1-3-9-21-16-17-13-8-10-20-14(13)15(19)18(16)12-6-4-11(2)5-7-12/h4-7H,3,8-10H2,1-2H3. The summed E-state index contributed by atoms with van der Waals surface area (Å²) in [5.41, 5.74) is 3.17. The van der Waals surface area contributed by atoms with E-state index in [-0.39, 0.29) is 5.56 Å². The molecule has 3 rings (SSSR count). The molecule has 0 fully saturated rings. The summed E-state index contributed by atoms with van der Waals surface area (Å²) in [5.74, 6) is 1.94. The van der Waals surface area contributed by atoms with Crippen molar-refractivity contribution in [1.29, 1.82) is 0 Å². The number of hydrogen-bond donors (Lipinski definition) is 0. The molecule has 0 bridgehead atoms. The fourth-order valence-electron chi connectivity index (χ4n) is 2.30. The second-order valence-corrected chi connectivity index (χ2v) is 7.26. The van der Waals surface area contributed by atoms with Gasteiger partial charge in [-0.25, -0.2) is 4.98 Å². The van der Waals surface area contributed by atoms with Crippen molar-refractivity contribution < 1.29 is 0 Å². The van der Waals surface area contributed by atoms with Gasteiger partial charge in [0.2, 0.25) is 0 Å². The molecule has 1 aromatic carbocycles. The van der Waals surface area contributed by atoms with E-state index < -0.39 is 0 Å². The van der Waals surface area contributed by atoms with E-state index in [0.29, 0.717) is 0 Å². The molecule has 2 heterocycles. The van der Waals surface area contributed by atoms with Crippen LogP contribution in [-0.4, -0.2) is 21.1 Å². The molecule has 5 heteroatoms. The first-order chi connectivity index (χ1) is 10.2. The third-order valence-corrected chi connectivity index (χ3v) is 5.65. The summed E-state index contributed by atoms with van der Waals surface area (Å²) in [5, 5.41) is 0.826. The molecule has 3 nitrogen and oxygen atoms in total. The maximum Gasteiger partial charge on any atom is 0.272 e. The molecule has 2 aromatic rings. The van der Waals surface area contributed by atoms with Crippen LogP contribution in [0, 0.1) is 6.92 Å². The highest BCUT2D eigenvalue weighted by molar-refractivity contribution is 7.99. The molecule has 0 saturated carbocycles. The number of nitrogens with zero attached hydrogens (tertiary/aromatic N) is 2. The molecular formula is C16H18N2OS2. The first-order valence-electron chi connectivity index (χ1n) is 7.19. The Balaban J connectivity index is 2.16. The molecule has 0 aliphatic carbocycles. The van der Waals surface area contributed by atoms with Gasteiger partial charge in [0, 0.05) is 17.9 Å². The lowest BCUT2D eigenvalue weighted by Crippen LogP contribution is -2.23. The van der Waals surface area contributed by atoms with Crippen molar-refractivity contribution in [3.05, 3.63) is 45.9 Å². The van der Waals surface area contributed by atoms with Gasteiger partial charge in [-0.05, 0) is 25.5 Å². The molecule has 0 radical (unpaired) electrons. The fraction of sp³-hybridized carbons (Fsp3) is 0.375. The lowest BCUT2D eigenvalue weighted by Gasteiger charge is -2.13. The molecule has 21 heavy (non-hydrogen) atoms. The molecule has 0 unspecified atom stereocenters. The number of benzene rings is 1.